The van der Waals surface area contributed by atoms with Crippen LogP contribution in [-0.4, -0.2) is 9.97 Å². The summed E-state index contributed by atoms with van der Waals surface area (Å²) >= 11 is 1.77. The van der Waals surface area contributed by atoms with E-state index in [1.807, 2.05) is 18.2 Å². The van der Waals surface area contributed by atoms with Crippen molar-refractivity contribution in [2.75, 3.05) is 0 Å². The first-order valence-electron chi connectivity index (χ1n) is 18.7. The van der Waals surface area contributed by atoms with Crippen LogP contribution in [-0.2, 0) is 5.41 Å². The number of fused-ring (bicyclic) bond motifs is 14. The topological polar surface area (TPSA) is 35.0 Å². The number of hydrogen-bond acceptors (Lipinski definition) is 4. The lowest BCUT2D eigenvalue weighted by Crippen LogP contribution is -2.32. The summed E-state index contributed by atoms with van der Waals surface area (Å²) in [5.41, 5.74) is 13.2. The molecule has 0 unspecified atom stereocenters. The molecule has 0 atom stereocenters. The number of ether oxygens (including phenoxy) is 1. The second kappa shape index (κ2) is 11.6. The molecular weight excluding hydrogens is 689 g/mol. The number of thiophene rings is 1. The van der Waals surface area contributed by atoms with Crippen molar-refractivity contribution >= 4 is 42.4 Å². The van der Waals surface area contributed by atoms with Gasteiger partial charge in [0.1, 0.15) is 11.5 Å². The molecule has 12 rings (SSSR count). The third-order valence-electron chi connectivity index (χ3n) is 11.5. The van der Waals surface area contributed by atoms with E-state index in [4.69, 9.17) is 14.7 Å². The summed E-state index contributed by atoms with van der Waals surface area (Å²) in [6.07, 6.45) is 0. The molecule has 2 aliphatic rings. The van der Waals surface area contributed by atoms with E-state index < -0.39 is 5.41 Å². The van der Waals surface area contributed by atoms with Gasteiger partial charge in [-0.3, -0.25) is 0 Å². The van der Waals surface area contributed by atoms with Crippen molar-refractivity contribution in [3.05, 3.63) is 204 Å². The molecule has 0 fully saturated rings. The van der Waals surface area contributed by atoms with Gasteiger partial charge in [-0.25, -0.2) is 9.97 Å². The molecule has 3 heterocycles. The van der Waals surface area contributed by atoms with Gasteiger partial charge in [-0.2, -0.15) is 0 Å². The van der Waals surface area contributed by atoms with E-state index in [2.05, 4.69) is 164 Å². The third-order valence-corrected chi connectivity index (χ3v) is 12.7. The fourth-order valence-electron chi connectivity index (χ4n) is 9.30. The molecule has 0 saturated heterocycles. The zero-order valence-electron chi connectivity index (χ0n) is 29.5. The van der Waals surface area contributed by atoms with E-state index in [-0.39, 0.29) is 0 Å². The van der Waals surface area contributed by atoms with Crippen molar-refractivity contribution < 1.29 is 4.74 Å². The molecule has 0 N–H and O–H groups in total. The Labute approximate surface area is 321 Å². The van der Waals surface area contributed by atoms with Crippen molar-refractivity contribution in [3.8, 4) is 56.4 Å². The summed E-state index contributed by atoms with van der Waals surface area (Å²) in [6.45, 7) is 0. The molecule has 3 nitrogen and oxygen atoms in total. The molecule has 0 radical (unpaired) electrons. The molecule has 1 spiro atoms. The zero-order chi connectivity index (χ0) is 36.1. The molecule has 256 valence electrons. The molecule has 55 heavy (non-hydrogen) atoms. The minimum absolute atomic E-state index is 0.578. The summed E-state index contributed by atoms with van der Waals surface area (Å²) in [6, 6.07) is 65.3. The van der Waals surface area contributed by atoms with Gasteiger partial charge in [-0.1, -0.05) is 158 Å². The molecule has 10 aromatic rings. The van der Waals surface area contributed by atoms with Crippen LogP contribution in [0, 0.1) is 0 Å². The third kappa shape index (κ3) is 4.26. The van der Waals surface area contributed by atoms with Crippen molar-refractivity contribution in [1.29, 1.82) is 0 Å². The highest BCUT2D eigenvalue weighted by atomic mass is 32.1. The van der Waals surface area contributed by atoms with Crippen LogP contribution in [0.3, 0.4) is 0 Å². The largest absolute Gasteiger partial charge is 0.457 e. The Kier molecular flexibility index (Phi) is 6.42. The van der Waals surface area contributed by atoms with Crippen molar-refractivity contribution in [2.24, 2.45) is 0 Å². The van der Waals surface area contributed by atoms with Gasteiger partial charge < -0.3 is 4.74 Å². The number of nitrogens with zero attached hydrogens (tertiary/aromatic N) is 2. The van der Waals surface area contributed by atoms with Crippen LogP contribution in [0.4, 0.5) is 0 Å². The molecule has 1 aliphatic heterocycles. The lowest BCUT2D eigenvalue weighted by atomic mass is 9.65. The first-order chi connectivity index (χ1) is 27.3. The van der Waals surface area contributed by atoms with E-state index in [9.17, 15) is 0 Å². The Balaban J connectivity index is 1.15. The predicted molar refractivity (Wildman–Crippen MR) is 226 cm³/mol. The van der Waals surface area contributed by atoms with Crippen molar-refractivity contribution in [3.63, 3.8) is 0 Å². The summed E-state index contributed by atoms with van der Waals surface area (Å²) < 4.78 is 8.98. The maximum absolute atomic E-state index is 6.67. The van der Waals surface area contributed by atoms with Crippen molar-refractivity contribution in [1.82, 2.24) is 9.97 Å². The fourth-order valence-corrected chi connectivity index (χ4v) is 10.5. The van der Waals surface area contributed by atoms with Gasteiger partial charge in [0.05, 0.1) is 21.3 Å². The summed E-state index contributed by atoms with van der Waals surface area (Å²) in [5.74, 6) is 2.52. The molecule has 2 aromatic heterocycles. The van der Waals surface area contributed by atoms with Gasteiger partial charge in [-0.05, 0) is 68.4 Å². The summed E-state index contributed by atoms with van der Waals surface area (Å²) in [7, 11) is 0. The quantitative estimate of drug-likeness (QED) is 0.182. The van der Waals surface area contributed by atoms with E-state index >= 15 is 0 Å². The Morgan fingerprint density at radius 3 is 1.96 bits per heavy atom. The minimum Gasteiger partial charge on any atom is -0.457 e. The van der Waals surface area contributed by atoms with Gasteiger partial charge in [0.25, 0.3) is 0 Å². The number of hydrogen-bond donors (Lipinski definition) is 0. The Hall–Kier alpha value is -6.88. The first kappa shape index (κ1) is 30.6. The minimum atomic E-state index is -0.578. The van der Waals surface area contributed by atoms with Crippen LogP contribution in [0.2, 0.25) is 0 Å². The standard InChI is InChI=1S/C51H30N2OS/c1-2-15-32(16-3-1)50-52-47(49-48(53-50)37-20-6-11-27-44(37)55-49)34-18-12-17-33(30-34)35-21-13-24-41-45(35)38-29-28-31-14-4-5-19-36(31)46(38)51(41)39-22-7-9-25-42(39)54-43-26-10-8-23-40(43)51/h1-30H. The lowest BCUT2D eigenvalue weighted by Gasteiger charge is -2.39. The van der Waals surface area contributed by atoms with E-state index in [0.29, 0.717) is 0 Å². The van der Waals surface area contributed by atoms with Crippen molar-refractivity contribution in [2.45, 2.75) is 5.41 Å². The molecular formula is C51H30N2OS. The SMILES string of the molecule is c1ccc(-c2nc(-c3cccc(-c4cccc5c4-c4ccc6ccccc6c4C54c5ccccc5Oc5ccccc54)c3)c3sc4ccccc4c3n2)cc1. The van der Waals surface area contributed by atoms with Crippen LogP contribution in [0.5, 0.6) is 11.5 Å². The lowest BCUT2D eigenvalue weighted by molar-refractivity contribution is 0.437. The summed E-state index contributed by atoms with van der Waals surface area (Å²) in [4.78, 5) is 10.5. The highest BCUT2D eigenvalue weighted by Crippen LogP contribution is 2.64. The first-order valence-corrected chi connectivity index (χ1v) is 19.5. The second-order valence-electron chi connectivity index (χ2n) is 14.4. The van der Waals surface area contributed by atoms with Crippen LogP contribution >= 0.6 is 11.3 Å². The van der Waals surface area contributed by atoms with E-state index in [0.717, 1.165) is 66.4 Å². The van der Waals surface area contributed by atoms with Crippen LogP contribution in [0.25, 0.3) is 76.0 Å². The van der Waals surface area contributed by atoms with Gasteiger partial charge in [-0.15, -0.1) is 11.3 Å². The molecule has 0 amide bonds. The normalized spacial score (nSPS) is 13.4. The smallest absolute Gasteiger partial charge is 0.160 e. The Morgan fingerprint density at radius 2 is 1.13 bits per heavy atom. The predicted octanol–water partition coefficient (Wildman–Crippen LogP) is 13.5. The maximum atomic E-state index is 6.67. The van der Waals surface area contributed by atoms with Gasteiger partial charge in [0, 0.05) is 32.3 Å². The molecule has 1 aliphatic carbocycles. The molecule has 4 heteroatoms. The zero-order valence-corrected chi connectivity index (χ0v) is 30.3. The average molecular weight is 719 g/mol. The highest BCUT2D eigenvalue weighted by Gasteiger charge is 2.52. The molecule has 0 bridgehead atoms. The van der Waals surface area contributed by atoms with E-state index in [1.54, 1.807) is 11.3 Å². The van der Waals surface area contributed by atoms with Crippen LogP contribution in [0.15, 0.2) is 182 Å². The highest BCUT2D eigenvalue weighted by molar-refractivity contribution is 7.26. The van der Waals surface area contributed by atoms with Crippen LogP contribution in [0.1, 0.15) is 22.3 Å². The Morgan fingerprint density at radius 1 is 0.473 bits per heavy atom. The number of aromatic nitrogens is 2. The monoisotopic (exact) mass is 718 g/mol. The molecule has 0 saturated carbocycles. The summed E-state index contributed by atoms with van der Waals surface area (Å²) in [5, 5.41) is 3.64. The van der Waals surface area contributed by atoms with Gasteiger partial charge in [0.15, 0.2) is 5.82 Å². The van der Waals surface area contributed by atoms with Gasteiger partial charge in [0.2, 0.25) is 0 Å². The number of benzene rings is 8. The molecule has 8 aromatic carbocycles. The van der Waals surface area contributed by atoms with Gasteiger partial charge >= 0.3 is 0 Å². The maximum Gasteiger partial charge on any atom is 0.160 e. The number of para-hydroxylation sites is 2. The average Bonchev–Trinajstić information content (AvgIpc) is 3.78. The fraction of sp³-hybridized carbons (Fsp3) is 0.0196. The Bertz CT molecular complexity index is 3150. The number of rotatable bonds is 3. The second-order valence-corrected chi connectivity index (χ2v) is 15.5. The van der Waals surface area contributed by atoms with Crippen LogP contribution < -0.4 is 4.74 Å². The van der Waals surface area contributed by atoms with E-state index in [1.165, 1.54) is 43.3 Å².